The van der Waals surface area contributed by atoms with Gasteiger partial charge >= 0.3 is 0 Å². The van der Waals surface area contributed by atoms with E-state index in [2.05, 4.69) is 20.0 Å². The summed E-state index contributed by atoms with van der Waals surface area (Å²) in [5, 5.41) is 30.5. The van der Waals surface area contributed by atoms with Gasteiger partial charge in [-0.15, -0.1) is 0 Å². The molecule has 0 saturated heterocycles. The van der Waals surface area contributed by atoms with Crippen molar-refractivity contribution in [1.29, 1.82) is 0 Å². The summed E-state index contributed by atoms with van der Waals surface area (Å²) >= 11 is 0. The summed E-state index contributed by atoms with van der Waals surface area (Å²) in [7, 11) is 0. The molecule has 0 bridgehead atoms. The van der Waals surface area contributed by atoms with E-state index in [1.54, 1.807) is 24.6 Å². The molecular formula is C42H30N4O4U-6. The van der Waals surface area contributed by atoms with E-state index < -0.39 is 0 Å². The van der Waals surface area contributed by atoms with E-state index in [1.807, 2.05) is 135 Å². The molecule has 0 amide bonds. The molecule has 0 atom stereocenters. The second-order valence-electron chi connectivity index (χ2n) is 11.5. The Kier molecular flexibility index (Phi) is 12.8. The van der Waals surface area contributed by atoms with Crippen LogP contribution in [0.3, 0.4) is 0 Å². The molecule has 0 aliphatic carbocycles. The zero-order valence-electron chi connectivity index (χ0n) is 27.8. The van der Waals surface area contributed by atoms with Crippen LogP contribution in [0.25, 0.3) is 43.4 Å². The first-order valence-electron chi connectivity index (χ1n) is 15.6. The molecule has 8 aromatic rings. The van der Waals surface area contributed by atoms with Gasteiger partial charge in [0.2, 0.25) is 0 Å². The minimum atomic E-state index is -0.0261. The average Bonchev–Trinajstić information content (AvgIpc) is 3.11. The van der Waals surface area contributed by atoms with Gasteiger partial charge in [-0.2, -0.15) is 0 Å². The summed E-state index contributed by atoms with van der Waals surface area (Å²) in [6.45, 7) is 3.92. The molecule has 0 fully saturated rings. The third kappa shape index (κ3) is 8.31. The molecule has 8 nitrogen and oxygen atoms in total. The summed E-state index contributed by atoms with van der Waals surface area (Å²) in [5.41, 5.74) is 6.34. The number of aryl methyl sites for hydroxylation is 2. The summed E-state index contributed by atoms with van der Waals surface area (Å²) in [4.78, 5) is 18.3. The van der Waals surface area contributed by atoms with Crippen molar-refractivity contribution >= 4 is 67.2 Å². The van der Waals surface area contributed by atoms with Crippen LogP contribution in [0.1, 0.15) is 22.5 Å². The normalized spacial score (nSPS) is 10.9. The van der Waals surface area contributed by atoms with Gasteiger partial charge in [0.05, 0.1) is 22.4 Å². The Morgan fingerprint density at radius 1 is 0.451 bits per heavy atom. The first kappa shape index (κ1) is 38.4. The minimum Gasteiger partial charge on any atom is -2.00 e. The Bertz CT molecular complexity index is 2360. The maximum Gasteiger partial charge on any atom is 0.0961 e. The van der Waals surface area contributed by atoms with Crippen molar-refractivity contribution in [3.05, 3.63) is 156 Å². The maximum atomic E-state index is 12.3. The molecule has 51 heavy (non-hydrogen) atoms. The largest absolute Gasteiger partial charge is 2.00 e. The Morgan fingerprint density at radius 3 is 1.25 bits per heavy atom. The molecule has 252 valence electrons. The van der Waals surface area contributed by atoms with E-state index >= 15 is 0 Å². The first-order chi connectivity index (χ1) is 23.4. The number of fused-ring (bicyclic) bond motifs is 4. The van der Waals surface area contributed by atoms with Gasteiger partial charge in [-0.3, -0.25) is 20.0 Å². The van der Waals surface area contributed by atoms with Gasteiger partial charge in [0, 0.05) is 65.7 Å². The van der Waals surface area contributed by atoms with Crippen molar-refractivity contribution < 1.29 is 52.3 Å². The van der Waals surface area contributed by atoms with Crippen molar-refractivity contribution in [2.45, 2.75) is 13.8 Å². The van der Waals surface area contributed by atoms with Crippen LogP contribution in [-0.4, -0.2) is 22.4 Å². The second kappa shape index (κ2) is 17.0. The summed E-state index contributed by atoms with van der Waals surface area (Å²) in [5.74, 6) is -0.0522. The van der Waals surface area contributed by atoms with Crippen LogP contribution in [0.2, 0.25) is 0 Å². The van der Waals surface area contributed by atoms with Crippen LogP contribution in [-0.2, 0) is 11.0 Å². The fourth-order valence-corrected chi connectivity index (χ4v) is 5.75. The van der Waals surface area contributed by atoms with E-state index in [-0.39, 0.29) is 53.6 Å². The van der Waals surface area contributed by atoms with Gasteiger partial charge in [-0.25, -0.2) is 0 Å². The van der Waals surface area contributed by atoms with Crippen molar-refractivity contribution in [1.82, 2.24) is 9.97 Å². The molecule has 0 N–H and O–H groups in total. The zero-order chi connectivity index (χ0) is 33.0. The Morgan fingerprint density at radius 2 is 0.824 bits per heavy atom. The Labute approximate surface area is 318 Å². The van der Waals surface area contributed by atoms with Crippen LogP contribution < -0.4 is 10.2 Å². The zero-order valence-corrected chi connectivity index (χ0v) is 31.9. The molecule has 0 unspecified atom stereocenters. The monoisotopic (exact) mass is 892 g/mol. The van der Waals surface area contributed by atoms with E-state index in [4.69, 9.17) is 0 Å². The van der Waals surface area contributed by atoms with E-state index in [0.717, 1.165) is 66.1 Å². The smallest absolute Gasteiger partial charge is 0.0961 e. The first-order valence-corrected chi connectivity index (χ1v) is 15.6. The van der Waals surface area contributed by atoms with Crippen LogP contribution in [0.5, 0.6) is 11.5 Å². The number of hydrogen-bond donors (Lipinski definition) is 0. The fourth-order valence-electron chi connectivity index (χ4n) is 5.75. The molecule has 6 aromatic carbocycles. The van der Waals surface area contributed by atoms with Crippen molar-refractivity contribution in [2.24, 2.45) is 9.98 Å². The molecule has 0 aliphatic heterocycles. The van der Waals surface area contributed by atoms with Crippen LogP contribution in [0.4, 0.5) is 11.4 Å². The van der Waals surface area contributed by atoms with Gasteiger partial charge in [0.1, 0.15) is 0 Å². The van der Waals surface area contributed by atoms with Gasteiger partial charge in [0.15, 0.2) is 0 Å². The third-order valence-electron chi connectivity index (χ3n) is 8.20. The van der Waals surface area contributed by atoms with Crippen LogP contribution in [0.15, 0.2) is 143 Å². The fraction of sp³-hybridized carbons (Fsp3) is 0.0476. The van der Waals surface area contributed by atoms with E-state index in [1.165, 1.54) is 0 Å². The SMILES string of the molecule is Cc1ccc2cccc(N=Cc3c([O-])ccc4ccccc34)c2n1.Cc1ccc2cccc(N=Cc3c([O-])ccc4ccccc34)c2n1.[O-2].[O-2].[U]. The molecule has 0 saturated carbocycles. The molecule has 0 spiro atoms. The van der Waals surface area contributed by atoms with Crippen LogP contribution >= 0.6 is 0 Å². The number of rotatable bonds is 4. The minimum absolute atomic E-state index is 0. The van der Waals surface area contributed by atoms with Crippen molar-refractivity contribution in [2.75, 3.05) is 0 Å². The molecule has 8 rings (SSSR count). The number of pyridine rings is 2. The molecular weight excluding hydrogens is 863 g/mol. The predicted octanol–water partition coefficient (Wildman–Crippen LogP) is 8.80. The number of para-hydroxylation sites is 2. The number of hydrogen-bond acceptors (Lipinski definition) is 6. The molecule has 0 radical (unpaired) electrons. The van der Waals surface area contributed by atoms with E-state index in [9.17, 15) is 10.2 Å². The van der Waals surface area contributed by atoms with Crippen LogP contribution in [0, 0.1) is 45.0 Å². The van der Waals surface area contributed by atoms with Gasteiger partial charge < -0.3 is 21.2 Å². The van der Waals surface area contributed by atoms with E-state index in [0.29, 0.717) is 11.1 Å². The number of aliphatic imine (C=N–C) groups is 2. The standard InChI is InChI=1S/2C21H16N2O.2O.U/c2*1-14-9-10-16-6-4-8-19(21(16)23-14)22-13-18-17-7-3-2-5-15(17)11-12-20(18)24;;;/h2*2-13,24H,1H3;;;/q;;2*-2;/p-2. The van der Waals surface area contributed by atoms with Gasteiger partial charge in [-0.05, 0) is 70.8 Å². The van der Waals surface area contributed by atoms with Gasteiger partial charge in [-0.1, -0.05) is 121 Å². The second-order valence-corrected chi connectivity index (χ2v) is 11.5. The van der Waals surface area contributed by atoms with Crippen molar-refractivity contribution in [3.8, 4) is 11.5 Å². The third-order valence-corrected chi connectivity index (χ3v) is 8.20. The topological polar surface area (TPSA) is 154 Å². The summed E-state index contributed by atoms with van der Waals surface area (Å²) in [6.07, 6.45) is 3.31. The van der Waals surface area contributed by atoms with Crippen molar-refractivity contribution in [3.63, 3.8) is 0 Å². The number of benzene rings is 6. The molecule has 2 heterocycles. The summed E-state index contributed by atoms with van der Waals surface area (Å²) < 4.78 is 0. The molecule has 0 aliphatic rings. The molecule has 9 heteroatoms. The summed E-state index contributed by atoms with van der Waals surface area (Å²) in [6, 6.07) is 42.3. The molecule has 2 aromatic heterocycles. The van der Waals surface area contributed by atoms with Gasteiger partial charge in [0.25, 0.3) is 0 Å². The number of nitrogens with zero attached hydrogens (tertiary/aromatic N) is 4. The maximum absolute atomic E-state index is 12.3. The Hall–Kier alpha value is -5.43. The number of aromatic nitrogens is 2. The Balaban J connectivity index is 0.000000216. The average molecular weight is 893 g/mol. The predicted molar refractivity (Wildman–Crippen MR) is 196 cm³/mol. The quantitative estimate of drug-likeness (QED) is 0.162.